The van der Waals surface area contributed by atoms with Crippen LogP contribution in [0.5, 0.6) is 0 Å². The Balaban J connectivity index is 1.46. The van der Waals surface area contributed by atoms with Crippen LogP contribution >= 0.6 is 11.3 Å². The van der Waals surface area contributed by atoms with E-state index in [1.807, 2.05) is 11.4 Å². The van der Waals surface area contributed by atoms with Gasteiger partial charge in [-0.1, -0.05) is 12.1 Å². The van der Waals surface area contributed by atoms with E-state index in [9.17, 15) is 14.4 Å². The molecule has 27 heavy (non-hydrogen) atoms. The first-order valence-electron chi connectivity index (χ1n) is 9.18. The quantitative estimate of drug-likeness (QED) is 0.833. The molecular formula is C20H21N3O3S. The molecule has 1 unspecified atom stereocenters. The summed E-state index contributed by atoms with van der Waals surface area (Å²) in [6.45, 7) is 0.577. The monoisotopic (exact) mass is 383 g/mol. The molecule has 0 radical (unpaired) electrons. The molecule has 1 saturated carbocycles. The average molecular weight is 383 g/mol. The van der Waals surface area contributed by atoms with E-state index >= 15 is 0 Å². The zero-order valence-corrected chi connectivity index (χ0v) is 15.6. The van der Waals surface area contributed by atoms with Gasteiger partial charge in [0.1, 0.15) is 6.04 Å². The first-order chi connectivity index (χ1) is 13.1. The van der Waals surface area contributed by atoms with Gasteiger partial charge >= 0.3 is 0 Å². The lowest BCUT2D eigenvalue weighted by molar-refractivity contribution is -0.125. The number of hydrogen-bond donors (Lipinski definition) is 2. The molecule has 140 valence electrons. The lowest BCUT2D eigenvalue weighted by Gasteiger charge is -2.24. The first-order valence-corrected chi connectivity index (χ1v) is 10.1. The standard InChI is InChI=1S/C20H21N3O3S/c24-18(21-14-8-9-14)16-6-2-10-23(16)20(26)13-4-1-5-15(12-13)22-19(25)17-7-3-11-27-17/h1,3-5,7,11-12,14,16H,2,6,8-10H2,(H,21,24)(H,22,25). The van der Waals surface area contributed by atoms with Crippen molar-refractivity contribution < 1.29 is 14.4 Å². The maximum absolute atomic E-state index is 13.0. The molecule has 0 spiro atoms. The summed E-state index contributed by atoms with van der Waals surface area (Å²) in [4.78, 5) is 39.9. The SMILES string of the molecule is O=C(Nc1cccc(C(=O)N2CCCC2C(=O)NC2CC2)c1)c1cccs1. The van der Waals surface area contributed by atoms with Crippen molar-refractivity contribution in [3.8, 4) is 0 Å². The number of thiophene rings is 1. The average Bonchev–Trinajstić information content (AvgIpc) is 3.16. The maximum Gasteiger partial charge on any atom is 0.265 e. The Labute approximate surface area is 161 Å². The summed E-state index contributed by atoms with van der Waals surface area (Å²) < 4.78 is 0. The van der Waals surface area contributed by atoms with E-state index in [0.717, 1.165) is 19.3 Å². The van der Waals surface area contributed by atoms with Gasteiger partial charge in [-0.05, 0) is 55.3 Å². The zero-order valence-electron chi connectivity index (χ0n) is 14.8. The summed E-state index contributed by atoms with van der Waals surface area (Å²) >= 11 is 1.36. The van der Waals surface area contributed by atoms with Gasteiger partial charge in [0, 0.05) is 23.8 Å². The molecule has 1 aliphatic carbocycles. The fourth-order valence-corrected chi connectivity index (χ4v) is 3.92. The Morgan fingerprint density at radius 2 is 1.93 bits per heavy atom. The lowest BCUT2D eigenvalue weighted by Crippen LogP contribution is -2.46. The van der Waals surface area contributed by atoms with Crippen LogP contribution in [0.3, 0.4) is 0 Å². The molecule has 2 aliphatic rings. The van der Waals surface area contributed by atoms with Crippen molar-refractivity contribution in [2.45, 2.75) is 37.8 Å². The highest BCUT2D eigenvalue weighted by molar-refractivity contribution is 7.12. The highest BCUT2D eigenvalue weighted by Gasteiger charge is 2.36. The summed E-state index contributed by atoms with van der Waals surface area (Å²) in [5.41, 5.74) is 1.04. The number of carbonyl (C=O) groups excluding carboxylic acids is 3. The summed E-state index contributed by atoms with van der Waals surface area (Å²) in [6.07, 6.45) is 3.57. The maximum atomic E-state index is 13.0. The third-order valence-electron chi connectivity index (χ3n) is 4.85. The number of likely N-dealkylation sites (tertiary alicyclic amines) is 1. The molecule has 0 bridgehead atoms. The van der Waals surface area contributed by atoms with Gasteiger partial charge in [0.2, 0.25) is 5.91 Å². The van der Waals surface area contributed by atoms with Gasteiger partial charge in [0.05, 0.1) is 4.88 Å². The van der Waals surface area contributed by atoms with Crippen LogP contribution in [0, 0.1) is 0 Å². The second-order valence-electron chi connectivity index (χ2n) is 6.95. The molecule has 2 heterocycles. The topological polar surface area (TPSA) is 78.5 Å². The minimum Gasteiger partial charge on any atom is -0.352 e. The Kier molecular flexibility index (Phi) is 4.94. The fourth-order valence-electron chi connectivity index (χ4n) is 3.30. The van der Waals surface area contributed by atoms with Crippen molar-refractivity contribution in [1.82, 2.24) is 10.2 Å². The van der Waals surface area contributed by atoms with E-state index < -0.39 is 6.04 Å². The van der Waals surface area contributed by atoms with Crippen LogP contribution in [0.15, 0.2) is 41.8 Å². The molecule has 1 atom stereocenters. The fraction of sp³-hybridized carbons (Fsp3) is 0.350. The molecule has 6 nitrogen and oxygen atoms in total. The molecular weight excluding hydrogens is 362 g/mol. The third kappa shape index (κ3) is 4.03. The van der Waals surface area contributed by atoms with Gasteiger partial charge in [-0.25, -0.2) is 0 Å². The number of carbonyl (C=O) groups is 3. The van der Waals surface area contributed by atoms with Gasteiger partial charge in [0.15, 0.2) is 0 Å². The normalized spacial score (nSPS) is 19.0. The van der Waals surface area contributed by atoms with E-state index in [4.69, 9.17) is 0 Å². The van der Waals surface area contributed by atoms with Gasteiger partial charge in [-0.3, -0.25) is 14.4 Å². The van der Waals surface area contributed by atoms with Gasteiger partial charge in [-0.2, -0.15) is 0 Å². The second kappa shape index (κ2) is 7.52. The number of nitrogens with zero attached hydrogens (tertiary/aromatic N) is 1. The van der Waals surface area contributed by atoms with E-state index in [2.05, 4.69) is 10.6 Å². The molecule has 3 amide bonds. The molecule has 7 heteroatoms. The Hall–Kier alpha value is -2.67. The lowest BCUT2D eigenvalue weighted by atomic mass is 10.1. The van der Waals surface area contributed by atoms with Crippen molar-refractivity contribution in [3.05, 3.63) is 52.2 Å². The molecule has 1 saturated heterocycles. The van der Waals surface area contributed by atoms with Crippen molar-refractivity contribution in [1.29, 1.82) is 0 Å². The number of nitrogens with one attached hydrogen (secondary N) is 2. The third-order valence-corrected chi connectivity index (χ3v) is 5.72. The summed E-state index contributed by atoms with van der Waals surface area (Å²) in [5.74, 6) is -0.418. The Morgan fingerprint density at radius 3 is 2.67 bits per heavy atom. The van der Waals surface area contributed by atoms with Crippen LogP contribution in [0.2, 0.25) is 0 Å². The summed E-state index contributed by atoms with van der Waals surface area (Å²) in [6, 6.07) is 10.3. The largest absolute Gasteiger partial charge is 0.352 e. The minimum atomic E-state index is -0.400. The van der Waals surface area contributed by atoms with Crippen LogP contribution in [0.25, 0.3) is 0 Å². The second-order valence-corrected chi connectivity index (χ2v) is 7.90. The Bertz CT molecular complexity index is 861. The van der Waals surface area contributed by atoms with Gasteiger partial charge in [0.25, 0.3) is 11.8 Å². The first kappa shape index (κ1) is 17.7. The molecule has 2 N–H and O–H groups in total. The Morgan fingerprint density at radius 1 is 1.07 bits per heavy atom. The molecule has 1 aromatic carbocycles. The van der Waals surface area contributed by atoms with Crippen molar-refractivity contribution in [2.24, 2.45) is 0 Å². The number of rotatable bonds is 5. The minimum absolute atomic E-state index is 0.0505. The predicted octanol–water partition coefficient (Wildman–Crippen LogP) is 2.88. The van der Waals surface area contributed by atoms with Crippen LogP contribution in [0.4, 0.5) is 5.69 Å². The van der Waals surface area contributed by atoms with Gasteiger partial charge < -0.3 is 15.5 Å². The molecule has 1 aliphatic heterocycles. The molecule has 2 aromatic rings. The smallest absolute Gasteiger partial charge is 0.265 e. The van der Waals surface area contributed by atoms with Crippen LogP contribution in [-0.2, 0) is 4.79 Å². The summed E-state index contributed by atoms with van der Waals surface area (Å²) in [5, 5.41) is 7.66. The van der Waals surface area contributed by atoms with Crippen molar-refractivity contribution in [2.75, 3.05) is 11.9 Å². The number of hydrogen-bond acceptors (Lipinski definition) is 4. The van der Waals surface area contributed by atoms with Gasteiger partial charge in [-0.15, -0.1) is 11.3 Å². The number of amides is 3. The molecule has 4 rings (SSSR count). The zero-order chi connectivity index (χ0) is 18.8. The van der Waals surface area contributed by atoms with E-state index in [-0.39, 0.29) is 23.8 Å². The van der Waals surface area contributed by atoms with E-state index in [1.54, 1.807) is 35.2 Å². The van der Waals surface area contributed by atoms with Crippen LogP contribution in [-0.4, -0.2) is 41.2 Å². The van der Waals surface area contributed by atoms with E-state index in [0.29, 0.717) is 29.1 Å². The molecule has 1 aromatic heterocycles. The summed E-state index contributed by atoms with van der Waals surface area (Å²) in [7, 11) is 0. The predicted molar refractivity (Wildman–Crippen MR) is 104 cm³/mol. The highest BCUT2D eigenvalue weighted by atomic mass is 32.1. The molecule has 2 fully saturated rings. The highest BCUT2D eigenvalue weighted by Crippen LogP contribution is 2.24. The van der Waals surface area contributed by atoms with Crippen molar-refractivity contribution in [3.63, 3.8) is 0 Å². The van der Waals surface area contributed by atoms with E-state index in [1.165, 1.54) is 11.3 Å². The van der Waals surface area contributed by atoms with Crippen molar-refractivity contribution >= 4 is 34.7 Å². The van der Waals surface area contributed by atoms with Crippen LogP contribution < -0.4 is 10.6 Å². The number of benzene rings is 1. The number of anilines is 1. The van der Waals surface area contributed by atoms with Crippen LogP contribution in [0.1, 0.15) is 45.7 Å².